The Morgan fingerprint density at radius 2 is 1.01 bits per heavy atom. The number of aliphatic hydroxyl groups is 2. The molecule has 0 aliphatic carbocycles. The number of carbonyl (C=O) groups is 2. The first-order valence-electron chi connectivity index (χ1n) is 25.7. The molecule has 4 heterocycles. The summed E-state index contributed by atoms with van der Waals surface area (Å²) in [4.78, 5) is 94.7. The maximum atomic E-state index is 13.8. The molecule has 2 saturated heterocycles. The fourth-order valence-electron chi connectivity index (χ4n) is 8.87. The van der Waals surface area contributed by atoms with Gasteiger partial charge in [0.1, 0.15) is 30.8 Å². The van der Waals surface area contributed by atoms with E-state index in [1.807, 2.05) is 86.5 Å². The first-order valence-corrected chi connectivity index (χ1v) is 27.2. The van der Waals surface area contributed by atoms with Gasteiger partial charge in [0.25, 0.3) is 22.9 Å². The number of ether oxygens (including phenoxy) is 2. The number of phosphoric ester groups is 1. The highest BCUT2D eigenvalue weighted by Crippen LogP contribution is 2.49. The number of benzene rings is 4. The topological polar surface area (TPSA) is 317 Å². The highest BCUT2D eigenvalue weighted by molar-refractivity contribution is 7.47. The largest absolute Gasteiger partial charge is 0.472 e. The molecular weight excluding hydrogens is 1070 g/mol. The number of nitrogens with one attached hydrogen (secondary N) is 2. The van der Waals surface area contributed by atoms with Crippen LogP contribution < -0.4 is 42.9 Å². The van der Waals surface area contributed by atoms with Crippen LogP contribution in [0.5, 0.6) is 0 Å². The summed E-state index contributed by atoms with van der Waals surface area (Å²) in [6.45, 7) is 0.883. The van der Waals surface area contributed by atoms with Crippen LogP contribution in [0.1, 0.15) is 57.1 Å². The van der Waals surface area contributed by atoms with E-state index < -0.39 is 92.2 Å². The van der Waals surface area contributed by atoms with Crippen molar-refractivity contribution in [1.29, 1.82) is 0 Å². The predicted molar refractivity (Wildman–Crippen MR) is 298 cm³/mol. The molecule has 0 bridgehead atoms. The zero-order valence-corrected chi connectivity index (χ0v) is 46.2. The Bertz CT molecular complexity index is 3570. The number of hydrogen-bond acceptors (Lipinski definition) is 19. The summed E-state index contributed by atoms with van der Waals surface area (Å²) in [5, 5.41) is 43.5. The lowest BCUT2D eigenvalue weighted by atomic mass is 10.2. The van der Waals surface area contributed by atoms with Gasteiger partial charge in [-0.1, -0.05) is 0 Å². The number of aryl methyl sites for hydroxylation is 2. The van der Waals surface area contributed by atoms with Crippen LogP contribution in [0.4, 0.5) is 34.1 Å². The second-order valence-corrected chi connectivity index (χ2v) is 21.0. The molecule has 26 nitrogen and oxygen atoms in total. The summed E-state index contributed by atoms with van der Waals surface area (Å²) in [5.41, 5.74) is 2.40. The monoisotopic (exact) mass is 1130 g/mol. The first kappa shape index (κ1) is 59.1. The Morgan fingerprint density at radius 3 is 1.41 bits per heavy atom. The van der Waals surface area contributed by atoms with Gasteiger partial charge in [-0.3, -0.25) is 46.5 Å². The summed E-state index contributed by atoms with van der Waals surface area (Å²) in [7, 11) is 2.71. The van der Waals surface area contributed by atoms with Gasteiger partial charge in [0.2, 0.25) is 0 Å². The second kappa shape index (κ2) is 26.0. The smallest absolute Gasteiger partial charge is 0.394 e. The zero-order chi connectivity index (χ0) is 58.1. The number of carbonyl (C=O) groups excluding carboxylic acids is 2. The van der Waals surface area contributed by atoms with Gasteiger partial charge in [-0.25, -0.2) is 14.2 Å². The molecule has 27 heteroatoms. The molecule has 6 aromatic rings. The molecule has 8 rings (SSSR count). The molecule has 2 aliphatic heterocycles. The van der Waals surface area contributed by atoms with Crippen LogP contribution in [0, 0.1) is 13.8 Å². The second-order valence-electron chi connectivity index (χ2n) is 19.6. The number of anilines is 2. The standard InChI is InChI=1S/C54H63N12O14P/c1-33-29-65(53(73)63(51(33)71)25-23-55-49(69)35-7-11-37(12-8-35)57-59-39-15-19-41(20-16-39)61(3)4)47-27-43(68)46(79-47)32-77-81(75,76)80-44-28-48(78-45(44)31-67)66-30-34(2)52(72)64(54(66)74)26-24-56-50(70)36-9-13-38(14-10-36)58-60-40-17-21-42(22-18-40)62(5)6/h7-22,29-30,43-48,67-68H,23-28,31-32H2,1-6H3,(H,55,69)(H,56,70)(H,75,76)/t43-,44-,45+,46+,47+,48+/m0/s1. The number of amides is 2. The van der Waals surface area contributed by atoms with Crippen LogP contribution in [-0.4, -0.2) is 124 Å². The van der Waals surface area contributed by atoms with Crippen molar-refractivity contribution in [3.05, 3.63) is 173 Å². The molecule has 0 spiro atoms. The fraction of sp³-hybridized carbons (Fsp3) is 0.370. The van der Waals surface area contributed by atoms with E-state index in [0.717, 1.165) is 29.6 Å². The average molecular weight is 1140 g/mol. The van der Waals surface area contributed by atoms with Gasteiger partial charge >= 0.3 is 19.2 Å². The quantitative estimate of drug-likeness (QED) is 0.0446. The van der Waals surface area contributed by atoms with Crippen molar-refractivity contribution in [1.82, 2.24) is 28.9 Å². The summed E-state index contributed by atoms with van der Waals surface area (Å²) in [5.74, 6) is -0.935. The van der Waals surface area contributed by atoms with Crippen LogP contribution in [0.15, 0.2) is 149 Å². The third-order valence-corrected chi connectivity index (χ3v) is 14.4. The highest BCUT2D eigenvalue weighted by Gasteiger charge is 2.43. The predicted octanol–water partition coefficient (Wildman–Crippen LogP) is 4.90. The minimum atomic E-state index is -5.02. The number of aromatic nitrogens is 4. The van der Waals surface area contributed by atoms with Crippen LogP contribution >= 0.6 is 7.82 Å². The van der Waals surface area contributed by atoms with Gasteiger partial charge < -0.3 is 45.0 Å². The van der Waals surface area contributed by atoms with Gasteiger partial charge in [-0.15, -0.1) is 0 Å². The maximum Gasteiger partial charge on any atom is 0.472 e. The number of azo groups is 2. The van der Waals surface area contributed by atoms with E-state index in [1.54, 1.807) is 48.5 Å². The van der Waals surface area contributed by atoms with E-state index in [0.29, 0.717) is 33.9 Å². The third kappa shape index (κ3) is 14.7. The van der Waals surface area contributed by atoms with E-state index in [-0.39, 0.29) is 50.1 Å². The summed E-state index contributed by atoms with van der Waals surface area (Å²) in [6.07, 6.45) is -5.38. The van der Waals surface area contributed by atoms with Crippen molar-refractivity contribution in [3.63, 3.8) is 0 Å². The Labute approximate surface area is 463 Å². The van der Waals surface area contributed by atoms with Crippen molar-refractivity contribution in [2.45, 2.75) is 76.7 Å². The lowest BCUT2D eigenvalue weighted by molar-refractivity contribution is -0.0579. The van der Waals surface area contributed by atoms with E-state index in [9.17, 15) is 48.4 Å². The molecule has 4 aromatic carbocycles. The Morgan fingerprint density at radius 1 is 0.630 bits per heavy atom. The molecule has 2 fully saturated rings. The fourth-order valence-corrected chi connectivity index (χ4v) is 9.83. The lowest BCUT2D eigenvalue weighted by Gasteiger charge is -2.22. The minimum Gasteiger partial charge on any atom is -0.394 e. The molecule has 2 aromatic heterocycles. The molecule has 5 N–H and O–H groups in total. The van der Waals surface area contributed by atoms with Crippen LogP contribution in [0.2, 0.25) is 0 Å². The number of rotatable bonds is 22. The average Bonchev–Trinajstić information content (AvgIpc) is 4.10. The Hall–Kier alpha value is -8.07. The molecular formula is C54H63N12O14P. The van der Waals surface area contributed by atoms with Crippen LogP contribution in [0.25, 0.3) is 0 Å². The molecule has 0 saturated carbocycles. The molecule has 81 heavy (non-hydrogen) atoms. The van der Waals surface area contributed by atoms with E-state index in [1.165, 1.54) is 26.2 Å². The van der Waals surface area contributed by atoms with Crippen LogP contribution in [0.3, 0.4) is 0 Å². The van der Waals surface area contributed by atoms with Gasteiger partial charge in [0, 0.05) is 113 Å². The van der Waals surface area contributed by atoms with Crippen molar-refractivity contribution in [3.8, 4) is 0 Å². The normalized spacial score (nSPS) is 19.7. The van der Waals surface area contributed by atoms with Crippen molar-refractivity contribution < 1.29 is 47.8 Å². The number of hydrogen-bond donors (Lipinski definition) is 5. The van der Waals surface area contributed by atoms with E-state index in [4.69, 9.17) is 18.5 Å². The van der Waals surface area contributed by atoms with Gasteiger partial charge in [0.15, 0.2) is 0 Å². The number of aliphatic hydroxyl groups excluding tert-OH is 2. The van der Waals surface area contributed by atoms with Crippen LogP contribution in [-0.2, 0) is 36.2 Å². The summed E-state index contributed by atoms with van der Waals surface area (Å²) >= 11 is 0. The first-order chi connectivity index (χ1) is 38.7. The third-order valence-electron chi connectivity index (χ3n) is 13.4. The van der Waals surface area contributed by atoms with Crippen molar-refractivity contribution in [2.24, 2.45) is 20.5 Å². The van der Waals surface area contributed by atoms with E-state index >= 15 is 0 Å². The van der Waals surface area contributed by atoms with Gasteiger partial charge in [0.05, 0.1) is 42.1 Å². The molecule has 7 atom stereocenters. The zero-order valence-electron chi connectivity index (χ0n) is 45.3. The molecule has 0 radical (unpaired) electrons. The minimum absolute atomic E-state index is 0.103. The SMILES string of the molecule is Cc1cn([C@H]2C[C@H](OP(=O)(O)OC[C@H]3O[C@@H](n4cc(C)c(=O)n(CCNC(=O)c5ccc(N=Nc6ccc(N(C)C)cc6)cc5)c4=O)C[C@@H]3O)[C@@H](CO)O2)c(=O)n(CCNC(=O)c2ccc(N=Nc3ccc(N(C)C)cc3)cc2)c1=O. The molecule has 2 amide bonds. The molecule has 1 unspecified atom stereocenters. The summed E-state index contributed by atoms with van der Waals surface area (Å²) in [6, 6.07) is 27.8. The Kier molecular flexibility index (Phi) is 19.0. The van der Waals surface area contributed by atoms with E-state index in [2.05, 4.69) is 31.1 Å². The number of phosphoric acid groups is 1. The molecule has 428 valence electrons. The van der Waals surface area contributed by atoms with Gasteiger partial charge in [-0.05, 0) is 111 Å². The highest BCUT2D eigenvalue weighted by atomic mass is 31.2. The number of nitrogens with zero attached hydrogens (tertiary/aromatic N) is 10. The summed E-state index contributed by atoms with van der Waals surface area (Å²) < 4.78 is 39.9. The van der Waals surface area contributed by atoms with Crippen molar-refractivity contribution in [2.75, 3.05) is 64.3 Å². The molecule has 2 aliphatic rings. The maximum absolute atomic E-state index is 13.8. The lowest BCUT2D eigenvalue weighted by Crippen LogP contribution is -2.44. The van der Waals surface area contributed by atoms with Crippen molar-refractivity contribution >= 4 is 53.8 Å². The Balaban J connectivity index is 0.818. The van der Waals surface area contributed by atoms with Gasteiger partial charge in [-0.2, -0.15) is 20.5 Å².